The second kappa shape index (κ2) is 4.92. The van der Waals surface area contributed by atoms with Gasteiger partial charge in [-0.05, 0) is 43.5 Å². The van der Waals surface area contributed by atoms with Crippen molar-refractivity contribution in [3.8, 4) is 0 Å². The molecule has 0 amide bonds. The summed E-state index contributed by atoms with van der Waals surface area (Å²) in [6.45, 7) is 0.175. The average molecular weight is 308 g/mol. The molecule has 0 aliphatic heterocycles. The van der Waals surface area contributed by atoms with Crippen LogP contribution >= 0.6 is 0 Å². The van der Waals surface area contributed by atoms with Crippen LogP contribution in [0.2, 0.25) is 0 Å². The van der Waals surface area contributed by atoms with Gasteiger partial charge in [0, 0.05) is 11.7 Å². The fourth-order valence-corrected chi connectivity index (χ4v) is 3.82. The quantitative estimate of drug-likeness (QED) is 0.868. The maximum atomic E-state index is 12.6. The van der Waals surface area contributed by atoms with Crippen molar-refractivity contribution in [1.82, 2.24) is 4.31 Å². The number of aryl methyl sites for hydroxylation is 1. The van der Waals surface area contributed by atoms with Gasteiger partial charge < -0.3 is 5.73 Å². The zero-order valence-corrected chi connectivity index (χ0v) is 11.6. The molecule has 1 aliphatic carbocycles. The van der Waals surface area contributed by atoms with Gasteiger partial charge in [-0.2, -0.15) is 17.5 Å². The number of hydrogen-bond donors (Lipinski definition) is 1. The Hall–Kier alpha value is -1.28. The monoisotopic (exact) mass is 308 g/mol. The standard InChI is InChI=1S/C12H15F3N2O2S/c1-8-4-9(16)6-11(5-8)20(18,19)17(10-2-3-10)7-12(13,14)15/h4-6,10H,2-3,7,16H2,1H3. The fraction of sp³-hybridized carbons (Fsp3) is 0.500. The zero-order valence-electron chi connectivity index (χ0n) is 10.8. The van der Waals surface area contributed by atoms with Gasteiger partial charge in [-0.15, -0.1) is 0 Å². The summed E-state index contributed by atoms with van der Waals surface area (Å²) in [5, 5.41) is 0. The lowest BCUT2D eigenvalue weighted by atomic mass is 10.2. The van der Waals surface area contributed by atoms with Crippen molar-refractivity contribution in [2.24, 2.45) is 0 Å². The first-order chi connectivity index (χ1) is 9.09. The zero-order chi connectivity index (χ0) is 15.1. The number of benzene rings is 1. The number of nitrogens with zero attached hydrogens (tertiary/aromatic N) is 1. The molecular formula is C12H15F3N2O2S. The van der Waals surface area contributed by atoms with E-state index in [4.69, 9.17) is 5.73 Å². The summed E-state index contributed by atoms with van der Waals surface area (Å²) in [7, 11) is -4.18. The molecule has 0 atom stereocenters. The lowest BCUT2D eigenvalue weighted by Gasteiger charge is -2.23. The van der Waals surface area contributed by atoms with Gasteiger partial charge in [-0.1, -0.05) is 0 Å². The summed E-state index contributed by atoms with van der Waals surface area (Å²) in [4.78, 5) is -0.189. The third-order valence-corrected chi connectivity index (χ3v) is 4.85. The Morgan fingerprint density at radius 2 is 1.90 bits per heavy atom. The highest BCUT2D eigenvalue weighted by molar-refractivity contribution is 7.89. The van der Waals surface area contributed by atoms with E-state index in [1.165, 1.54) is 12.1 Å². The largest absolute Gasteiger partial charge is 0.402 e. The minimum atomic E-state index is -4.56. The molecule has 2 rings (SSSR count). The van der Waals surface area contributed by atoms with Crippen LogP contribution in [-0.4, -0.2) is 31.5 Å². The minimum absolute atomic E-state index is 0.189. The average Bonchev–Trinajstić information content (AvgIpc) is 3.06. The van der Waals surface area contributed by atoms with Crippen molar-refractivity contribution in [3.05, 3.63) is 23.8 Å². The molecule has 112 valence electrons. The summed E-state index contributed by atoms with van der Waals surface area (Å²) in [5.41, 5.74) is 6.37. The van der Waals surface area contributed by atoms with Gasteiger partial charge in [-0.3, -0.25) is 0 Å². The summed E-state index contributed by atoms with van der Waals surface area (Å²) in [5.74, 6) is 0. The summed E-state index contributed by atoms with van der Waals surface area (Å²) < 4.78 is 63.0. The van der Waals surface area contributed by atoms with Crippen LogP contribution in [0.15, 0.2) is 23.1 Å². The Labute approximate surface area is 115 Å². The van der Waals surface area contributed by atoms with E-state index in [0.29, 0.717) is 22.7 Å². The first-order valence-electron chi connectivity index (χ1n) is 6.05. The molecule has 0 bridgehead atoms. The lowest BCUT2D eigenvalue weighted by molar-refractivity contribution is -0.137. The van der Waals surface area contributed by atoms with Gasteiger partial charge in [0.05, 0.1) is 4.90 Å². The summed E-state index contributed by atoms with van der Waals surface area (Å²) in [6, 6.07) is 3.51. The number of halogens is 3. The van der Waals surface area contributed by atoms with Gasteiger partial charge in [0.1, 0.15) is 6.54 Å². The van der Waals surface area contributed by atoms with Crippen molar-refractivity contribution >= 4 is 15.7 Å². The van der Waals surface area contributed by atoms with Crippen molar-refractivity contribution in [3.63, 3.8) is 0 Å². The second-order valence-corrected chi connectivity index (χ2v) is 6.87. The van der Waals surface area contributed by atoms with Crippen LogP contribution < -0.4 is 5.73 Å². The molecule has 0 radical (unpaired) electrons. The van der Waals surface area contributed by atoms with E-state index in [2.05, 4.69) is 0 Å². The Morgan fingerprint density at radius 1 is 1.30 bits per heavy atom. The summed E-state index contributed by atoms with van der Waals surface area (Å²) >= 11 is 0. The van der Waals surface area contributed by atoms with Crippen LogP contribution in [0, 0.1) is 6.92 Å². The van der Waals surface area contributed by atoms with Gasteiger partial charge in [0.25, 0.3) is 0 Å². The van der Waals surface area contributed by atoms with Gasteiger partial charge in [0.15, 0.2) is 0 Å². The maximum Gasteiger partial charge on any atom is 0.402 e. The van der Waals surface area contributed by atoms with Crippen LogP contribution in [0.5, 0.6) is 0 Å². The number of sulfonamides is 1. The van der Waals surface area contributed by atoms with Crippen molar-refractivity contribution in [2.45, 2.75) is 36.9 Å². The van der Waals surface area contributed by atoms with E-state index in [0.717, 1.165) is 0 Å². The van der Waals surface area contributed by atoms with Crippen LogP contribution in [0.1, 0.15) is 18.4 Å². The van der Waals surface area contributed by atoms with Gasteiger partial charge in [-0.25, -0.2) is 8.42 Å². The molecular weight excluding hydrogens is 293 g/mol. The molecule has 0 spiro atoms. The van der Waals surface area contributed by atoms with Crippen molar-refractivity contribution in [2.75, 3.05) is 12.3 Å². The molecule has 4 nitrogen and oxygen atoms in total. The highest BCUT2D eigenvalue weighted by Gasteiger charge is 2.44. The van der Waals surface area contributed by atoms with Crippen LogP contribution in [0.4, 0.5) is 18.9 Å². The molecule has 1 aromatic carbocycles. The summed E-state index contributed by atoms with van der Waals surface area (Å²) in [6.07, 6.45) is -3.65. The van der Waals surface area contributed by atoms with E-state index in [-0.39, 0.29) is 10.6 Å². The molecule has 20 heavy (non-hydrogen) atoms. The van der Waals surface area contributed by atoms with E-state index >= 15 is 0 Å². The van der Waals surface area contributed by atoms with Crippen LogP contribution in [-0.2, 0) is 10.0 Å². The van der Waals surface area contributed by atoms with Crippen molar-refractivity contribution in [1.29, 1.82) is 0 Å². The minimum Gasteiger partial charge on any atom is -0.399 e. The number of anilines is 1. The van der Waals surface area contributed by atoms with Crippen molar-refractivity contribution < 1.29 is 21.6 Å². The Bertz CT molecular complexity index is 589. The third-order valence-electron chi connectivity index (χ3n) is 2.97. The van der Waals surface area contributed by atoms with E-state index in [9.17, 15) is 21.6 Å². The number of nitrogen functional groups attached to an aromatic ring is 1. The lowest BCUT2D eigenvalue weighted by Crippen LogP contribution is -2.40. The van der Waals surface area contributed by atoms with E-state index < -0.39 is 28.8 Å². The molecule has 1 aromatic rings. The topological polar surface area (TPSA) is 63.4 Å². The molecule has 0 unspecified atom stereocenters. The highest BCUT2D eigenvalue weighted by Crippen LogP contribution is 2.35. The molecule has 2 N–H and O–H groups in total. The number of nitrogens with two attached hydrogens (primary N) is 1. The van der Waals surface area contributed by atoms with Crippen LogP contribution in [0.3, 0.4) is 0 Å². The highest BCUT2D eigenvalue weighted by atomic mass is 32.2. The molecule has 0 heterocycles. The van der Waals surface area contributed by atoms with E-state index in [1.807, 2.05) is 0 Å². The molecule has 1 fully saturated rings. The Kier molecular flexibility index (Phi) is 3.72. The molecule has 1 aliphatic rings. The smallest absolute Gasteiger partial charge is 0.399 e. The molecule has 1 saturated carbocycles. The molecule has 8 heteroatoms. The first kappa shape index (κ1) is 15.1. The number of rotatable bonds is 4. The Balaban J connectivity index is 2.40. The second-order valence-electron chi connectivity index (χ2n) is 4.98. The maximum absolute atomic E-state index is 12.6. The normalized spacial score (nSPS) is 16.6. The SMILES string of the molecule is Cc1cc(N)cc(S(=O)(=O)N(CC(F)(F)F)C2CC2)c1. The predicted octanol–water partition coefficient (Wildman–Crippen LogP) is 2.29. The van der Waals surface area contributed by atoms with E-state index in [1.54, 1.807) is 13.0 Å². The molecule has 0 aromatic heterocycles. The van der Waals surface area contributed by atoms with Crippen LogP contribution in [0.25, 0.3) is 0 Å². The predicted molar refractivity (Wildman–Crippen MR) is 68.6 cm³/mol. The number of alkyl halides is 3. The molecule has 0 saturated heterocycles. The van der Waals surface area contributed by atoms with Gasteiger partial charge in [0.2, 0.25) is 10.0 Å². The number of hydrogen-bond acceptors (Lipinski definition) is 3. The van der Waals surface area contributed by atoms with Gasteiger partial charge >= 0.3 is 6.18 Å². The third kappa shape index (κ3) is 3.43. The first-order valence-corrected chi connectivity index (χ1v) is 7.49. The fourth-order valence-electron chi connectivity index (χ4n) is 2.01. The Morgan fingerprint density at radius 3 is 2.35 bits per heavy atom.